The van der Waals surface area contributed by atoms with Gasteiger partial charge in [-0.3, -0.25) is 13.9 Å². The van der Waals surface area contributed by atoms with Crippen molar-refractivity contribution in [2.45, 2.75) is 64.1 Å². The smallest absolute Gasteiger partial charge is 0.242 e. The molecule has 1 fully saturated rings. The van der Waals surface area contributed by atoms with E-state index in [0.717, 1.165) is 37.5 Å². The number of carbonyl (C=O) groups is 2. The molecule has 2 aliphatic rings. The summed E-state index contributed by atoms with van der Waals surface area (Å²) >= 11 is 0. The number of hydrogen-bond donors (Lipinski definition) is 1. The topological polar surface area (TPSA) is 114 Å². The van der Waals surface area contributed by atoms with Crippen molar-refractivity contribution in [3.05, 3.63) is 48.0 Å². The Hall–Kier alpha value is -3.47. The Morgan fingerprint density at radius 3 is 2.56 bits per heavy atom. The second-order valence-electron chi connectivity index (χ2n) is 10.0. The summed E-state index contributed by atoms with van der Waals surface area (Å²) in [5, 5.41) is 3.09. The van der Waals surface area contributed by atoms with Gasteiger partial charge in [0, 0.05) is 31.6 Å². The maximum Gasteiger partial charge on any atom is 0.242 e. The average molecular weight is 560 g/mol. The van der Waals surface area contributed by atoms with Crippen LogP contribution in [0.3, 0.4) is 0 Å². The molecule has 2 amide bonds. The Bertz CT molecular complexity index is 1280. The highest BCUT2D eigenvalue weighted by molar-refractivity contribution is 7.92. The summed E-state index contributed by atoms with van der Waals surface area (Å²) in [6, 6.07) is 11.8. The molecule has 1 aliphatic heterocycles. The molecule has 0 bridgehead atoms. The molecule has 1 N–H and O–H groups in total. The predicted octanol–water partition coefficient (Wildman–Crippen LogP) is 3.45. The number of rotatable bonds is 12. The highest BCUT2D eigenvalue weighted by Gasteiger charge is 2.29. The van der Waals surface area contributed by atoms with Crippen LogP contribution in [0.15, 0.2) is 42.5 Å². The zero-order valence-corrected chi connectivity index (χ0v) is 23.5. The van der Waals surface area contributed by atoms with Crippen LogP contribution in [0, 0.1) is 0 Å². The number of nitrogens with zero attached hydrogens (tertiary/aromatic N) is 2. The van der Waals surface area contributed by atoms with E-state index in [1.54, 1.807) is 37.1 Å². The van der Waals surface area contributed by atoms with Gasteiger partial charge >= 0.3 is 0 Å². The predicted molar refractivity (Wildman–Crippen MR) is 147 cm³/mol. The minimum absolute atomic E-state index is 0.0710. The number of fused-ring (bicyclic) bond motifs is 1. The zero-order valence-electron chi connectivity index (χ0n) is 22.7. The monoisotopic (exact) mass is 559 g/mol. The Balaban J connectivity index is 1.46. The van der Waals surface area contributed by atoms with Gasteiger partial charge in [-0.15, -0.1) is 0 Å². The molecule has 2 aromatic rings. The van der Waals surface area contributed by atoms with Gasteiger partial charge in [-0.2, -0.15) is 0 Å². The molecule has 4 rings (SSSR count). The Labute approximate surface area is 230 Å². The summed E-state index contributed by atoms with van der Waals surface area (Å²) in [6.45, 7) is 2.15. The van der Waals surface area contributed by atoms with Crippen molar-refractivity contribution < 1.29 is 32.2 Å². The van der Waals surface area contributed by atoms with Crippen LogP contribution in [-0.4, -0.2) is 63.9 Å². The fourth-order valence-corrected chi connectivity index (χ4v) is 5.94. The van der Waals surface area contributed by atoms with Crippen molar-refractivity contribution in [1.82, 2.24) is 10.2 Å². The highest BCUT2D eigenvalue weighted by Crippen LogP contribution is 2.36. The lowest BCUT2D eigenvalue weighted by Gasteiger charge is -2.30. The van der Waals surface area contributed by atoms with E-state index in [0.29, 0.717) is 22.9 Å². The summed E-state index contributed by atoms with van der Waals surface area (Å²) in [5.41, 5.74) is 1.27. The fourth-order valence-electron chi connectivity index (χ4n) is 4.99. The molecule has 1 atom stereocenters. The van der Waals surface area contributed by atoms with Crippen molar-refractivity contribution >= 4 is 27.5 Å². The number of nitrogens with one attached hydrogen (secondary N) is 1. The summed E-state index contributed by atoms with van der Waals surface area (Å²) in [6.07, 6.45) is 5.54. The van der Waals surface area contributed by atoms with Gasteiger partial charge in [-0.1, -0.05) is 25.0 Å². The van der Waals surface area contributed by atoms with E-state index < -0.39 is 16.1 Å². The maximum absolute atomic E-state index is 13.5. The molecule has 212 valence electrons. The number of carbonyl (C=O) groups excluding carboxylic acids is 2. The van der Waals surface area contributed by atoms with Gasteiger partial charge in [-0.25, -0.2) is 8.42 Å². The number of benzene rings is 2. The van der Waals surface area contributed by atoms with Crippen LogP contribution in [0.1, 0.15) is 51.0 Å². The van der Waals surface area contributed by atoms with Crippen LogP contribution < -0.4 is 23.8 Å². The third kappa shape index (κ3) is 7.35. The average Bonchev–Trinajstić information content (AvgIpc) is 3.60. The second-order valence-corrected chi connectivity index (χ2v) is 11.9. The standard InChI is InChI=1S/C28H37N3O7S/c1-20(28(33)29-22-9-4-5-10-22)30(18-21-8-6-11-24(16-21)36-2)27(32)12-7-15-31(39(3,34)35)23-13-14-25-26(17-23)38-19-37-25/h6,8,11,13-14,16-17,20,22H,4-5,7,9-10,12,15,18-19H2,1-3H3,(H,29,33)/t20-/m1/s1. The lowest BCUT2D eigenvalue weighted by molar-refractivity contribution is -0.141. The van der Waals surface area contributed by atoms with Crippen molar-refractivity contribution in [2.24, 2.45) is 0 Å². The van der Waals surface area contributed by atoms with Crippen LogP contribution in [0.25, 0.3) is 0 Å². The third-order valence-corrected chi connectivity index (χ3v) is 8.35. The highest BCUT2D eigenvalue weighted by atomic mass is 32.2. The maximum atomic E-state index is 13.5. The van der Waals surface area contributed by atoms with Crippen LogP contribution in [-0.2, 0) is 26.2 Å². The quantitative estimate of drug-likeness (QED) is 0.424. The molecular weight excluding hydrogens is 522 g/mol. The van der Waals surface area contributed by atoms with Gasteiger partial charge in [-0.05, 0) is 56.0 Å². The summed E-state index contributed by atoms with van der Waals surface area (Å²) in [7, 11) is -2.04. The first-order valence-corrected chi connectivity index (χ1v) is 15.1. The number of amides is 2. The van der Waals surface area contributed by atoms with E-state index in [1.165, 1.54) is 4.31 Å². The van der Waals surface area contributed by atoms with E-state index in [2.05, 4.69) is 5.32 Å². The van der Waals surface area contributed by atoms with E-state index in [1.807, 2.05) is 24.3 Å². The Kier molecular flexibility index (Phi) is 9.21. The van der Waals surface area contributed by atoms with E-state index in [4.69, 9.17) is 14.2 Å². The van der Waals surface area contributed by atoms with Crippen LogP contribution >= 0.6 is 0 Å². The largest absolute Gasteiger partial charge is 0.497 e. The number of anilines is 1. The van der Waals surface area contributed by atoms with Gasteiger partial charge in [0.25, 0.3) is 0 Å². The lowest BCUT2D eigenvalue weighted by atomic mass is 10.1. The van der Waals surface area contributed by atoms with Crippen molar-refractivity contribution in [3.63, 3.8) is 0 Å². The summed E-state index contributed by atoms with van der Waals surface area (Å²) in [5.74, 6) is 1.28. The van der Waals surface area contributed by atoms with Gasteiger partial charge in [0.15, 0.2) is 11.5 Å². The van der Waals surface area contributed by atoms with Gasteiger partial charge < -0.3 is 24.4 Å². The van der Waals surface area contributed by atoms with Crippen LogP contribution in [0.5, 0.6) is 17.2 Å². The molecule has 1 aliphatic carbocycles. The molecule has 0 unspecified atom stereocenters. The SMILES string of the molecule is COc1cccc(CN(C(=O)CCCN(c2ccc3c(c2)OCO3)S(C)(=O)=O)[C@H](C)C(=O)NC2CCCC2)c1. The second kappa shape index (κ2) is 12.6. The van der Waals surface area contributed by atoms with Crippen molar-refractivity contribution in [3.8, 4) is 17.2 Å². The molecule has 0 aromatic heterocycles. The third-order valence-electron chi connectivity index (χ3n) is 7.15. The molecule has 1 saturated carbocycles. The molecule has 0 saturated heterocycles. The Morgan fingerprint density at radius 1 is 1.10 bits per heavy atom. The van der Waals surface area contributed by atoms with Gasteiger partial charge in [0.2, 0.25) is 28.6 Å². The van der Waals surface area contributed by atoms with Crippen molar-refractivity contribution in [2.75, 3.05) is 31.0 Å². The van der Waals surface area contributed by atoms with Gasteiger partial charge in [0.05, 0.1) is 19.1 Å². The minimum Gasteiger partial charge on any atom is -0.497 e. The molecule has 10 nitrogen and oxygen atoms in total. The number of sulfonamides is 1. The normalized spacial score (nSPS) is 15.6. The molecular formula is C28H37N3O7S. The van der Waals surface area contributed by atoms with Gasteiger partial charge in [0.1, 0.15) is 11.8 Å². The molecule has 0 radical (unpaired) electrons. The lowest BCUT2D eigenvalue weighted by Crippen LogP contribution is -2.49. The molecule has 1 heterocycles. The summed E-state index contributed by atoms with van der Waals surface area (Å²) < 4.78 is 42.5. The fraction of sp³-hybridized carbons (Fsp3) is 0.500. The first-order chi connectivity index (χ1) is 18.7. The van der Waals surface area contributed by atoms with Crippen LogP contribution in [0.4, 0.5) is 5.69 Å². The van der Waals surface area contributed by atoms with E-state index in [9.17, 15) is 18.0 Å². The molecule has 2 aromatic carbocycles. The minimum atomic E-state index is -3.62. The molecule has 39 heavy (non-hydrogen) atoms. The first-order valence-electron chi connectivity index (χ1n) is 13.3. The number of methoxy groups -OCH3 is 1. The first kappa shape index (κ1) is 28.5. The zero-order chi connectivity index (χ0) is 28.0. The Morgan fingerprint density at radius 2 is 1.85 bits per heavy atom. The van der Waals surface area contributed by atoms with Crippen molar-refractivity contribution in [1.29, 1.82) is 0 Å². The number of ether oxygens (including phenoxy) is 3. The van der Waals surface area contributed by atoms with E-state index >= 15 is 0 Å². The summed E-state index contributed by atoms with van der Waals surface area (Å²) in [4.78, 5) is 28.2. The van der Waals surface area contributed by atoms with E-state index in [-0.39, 0.29) is 50.6 Å². The number of hydrogen-bond acceptors (Lipinski definition) is 7. The van der Waals surface area contributed by atoms with Crippen LogP contribution in [0.2, 0.25) is 0 Å². The molecule has 11 heteroatoms. The molecule has 0 spiro atoms.